The van der Waals surface area contributed by atoms with E-state index < -0.39 is 38.6 Å². The maximum atomic E-state index is 12.6. The summed E-state index contributed by atoms with van der Waals surface area (Å²) >= 11 is 0. The summed E-state index contributed by atoms with van der Waals surface area (Å²) in [6.45, 7) is 2.79. The van der Waals surface area contributed by atoms with E-state index in [1.807, 2.05) is 0 Å². The molecular formula is C17H23NO6S. The molecule has 0 spiro atoms. The van der Waals surface area contributed by atoms with Crippen molar-refractivity contribution in [2.45, 2.75) is 18.6 Å². The Balaban J connectivity index is 2.08. The number of hydrogen-bond donors (Lipinski definition) is 1. The molecule has 1 N–H and O–H groups in total. The average molecular weight is 369 g/mol. The fourth-order valence-corrected chi connectivity index (χ4v) is 4.30. The summed E-state index contributed by atoms with van der Waals surface area (Å²) < 4.78 is 30.3. The van der Waals surface area contributed by atoms with Gasteiger partial charge in [-0.05, 0) is 18.9 Å². The van der Waals surface area contributed by atoms with Gasteiger partial charge in [0, 0.05) is 13.1 Å². The Morgan fingerprint density at radius 2 is 1.80 bits per heavy atom. The van der Waals surface area contributed by atoms with Gasteiger partial charge in [-0.2, -0.15) is 0 Å². The van der Waals surface area contributed by atoms with E-state index in [0.717, 1.165) is 5.56 Å². The minimum absolute atomic E-state index is 0.105. The van der Waals surface area contributed by atoms with Gasteiger partial charge in [0.15, 0.2) is 9.84 Å². The Morgan fingerprint density at radius 3 is 2.36 bits per heavy atom. The highest BCUT2D eigenvalue weighted by molar-refractivity contribution is 7.92. The number of ether oxygens (including phenoxy) is 1. The summed E-state index contributed by atoms with van der Waals surface area (Å²) in [7, 11) is -3.89. The normalized spacial score (nSPS) is 17.7. The van der Waals surface area contributed by atoms with Crippen molar-refractivity contribution in [3.05, 3.63) is 35.9 Å². The van der Waals surface area contributed by atoms with E-state index in [1.165, 1.54) is 11.8 Å². The monoisotopic (exact) mass is 369 g/mol. The Morgan fingerprint density at radius 1 is 1.20 bits per heavy atom. The fourth-order valence-electron chi connectivity index (χ4n) is 2.74. The van der Waals surface area contributed by atoms with Crippen molar-refractivity contribution in [1.29, 1.82) is 0 Å². The lowest BCUT2D eigenvalue weighted by atomic mass is 10.0. The standard InChI is InChI=1S/C17H23NO6S/c1-13(16(19)18-7-9-24-10-8-18)25(22,23)12-15(17(20)21)11-14-5-3-2-4-6-14/h2-6,13,15H,7-12H2,1H3,(H,20,21)/t13-,15-/m1/s1. The van der Waals surface area contributed by atoms with Crippen LogP contribution in [0.25, 0.3) is 0 Å². The molecule has 1 fully saturated rings. The molecule has 0 bridgehead atoms. The summed E-state index contributed by atoms with van der Waals surface area (Å²) in [6.07, 6.45) is 0.105. The molecule has 1 saturated heterocycles. The summed E-state index contributed by atoms with van der Waals surface area (Å²) in [5.74, 6) is -3.33. The van der Waals surface area contributed by atoms with Crippen LogP contribution in [0.4, 0.5) is 0 Å². The second kappa shape index (κ2) is 8.44. The smallest absolute Gasteiger partial charge is 0.307 e. The van der Waals surface area contributed by atoms with Gasteiger partial charge in [0.1, 0.15) is 5.25 Å². The van der Waals surface area contributed by atoms with Crippen LogP contribution in [0.1, 0.15) is 12.5 Å². The predicted octanol–water partition coefficient (Wildman–Crippen LogP) is 0.592. The minimum atomic E-state index is -3.89. The molecule has 0 saturated carbocycles. The first-order valence-corrected chi connectivity index (χ1v) is 9.87. The summed E-state index contributed by atoms with van der Waals surface area (Å²) in [6, 6.07) is 8.86. The van der Waals surface area contributed by atoms with Crippen LogP contribution in [0, 0.1) is 5.92 Å². The van der Waals surface area contributed by atoms with Crippen LogP contribution in [0.3, 0.4) is 0 Å². The number of carbonyl (C=O) groups is 2. The number of carbonyl (C=O) groups excluding carboxylic acids is 1. The molecule has 25 heavy (non-hydrogen) atoms. The number of hydrogen-bond acceptors (Lipinski definition) is 5. The Kier molecular flexibility index (Phi) is 6.55. The third-order valence-electron chi connectivity index (χ3n) is 4.32. The van der Waals surface area contributed by atoms with E-state index in [0.29, 0.717) is 26.3 Å². The van der Waals surface area contributed by atoms with Gasteiger partial charge in [0.25, 0.3) is 0 Å². The summed E-state index contributed by atoms with van der Waals surface area (Å²) in [5, 5.41) is 8.13. The van der Waals surface area contributed by atoms with Gasteiger partial charge in [0.05, 0.1) is 24.9 Å². The first kappa shape index (κ1) is 19.4. The number of aliphatic carboxylic acids is 1. The highest BCUT2D eigenvalue weighted by Crippen LogP contribution is 2.16. The van der Waals surface area contributed by atoms with Gasteiger partial charge in [-0.1, -0.05) is 30.3 Å². The second-order valence-electron chi connectivity index (χ2n) is 6.13. The lowest BCUT2D eigenvalue weighted by Crippen LogP contribution is -2.48. The molecule has 138 valence electrons. The van der Waals surface area contributed by atoms with Crippen LogP contribution in [-0.4, -0.2) is 67.6 Å². The van der Waals surface area contributed by atoms with Crippen molar-refractivity contribution >= 4 is 21.7 Å². The van der Waals surface area contributed by atoms with E-state index in [9.17, 15) is 23.1 Å². The highest BCUT2D eigenvalue weighted by atomic mass is 32.2. The van der Waals surface area contributed by atoms with Crippen molar-refractivity contribution in [1.82, 2.24) is 4.90 Å². The SMILES string of the molecule is C[C@H](C(=O)N1CCOCC1)S(=O)(=O)C[C@@H](Cc1ccccc1)C(=O)O. The van der Waals surface area contributed by atoms with Crippen LogP contribution >= 0.6 is 0 Å². The molecule has 2 atom stereocenters. The van der Waals surface area contributed by atoms with Crippen molar-refractivity contribution in [2.75, 3.05) is 32.1 Å². The predicted molar refractivity (Wildman–Crippen MR) is 91.9 cm³/mol. The average Bonchev–Trinajstić information content (AvgIpc) is 2.61. The molecule has 1 aliphatic heterocycles. The summed E-state index contributed by atoms with van der Waals surface area (Å²) in [4.78, 5) is 25.4. The molecule has 1 aromatic carbocycles. The fraction of sp³-hybridized carbons (Fsp3) is 0.529. The van der Waals surface area contributed by atoms with Crippen LogP contribution in [-0.2, 0) is 30.6 Å². The maximum Gasteiger partial charge on any atom is 0.307 e. The zero-order valence-electron chi connectivity index (χ0n) is 14.1. The van der Waals surface area contributed by atoms with Crippen LogP contribution in [0.5, 0.6) is 0 Å². The van der Waals surface area contributed by atoms with Gasteiger partial charge < -0.3 is 14.7 Å². The largest absolute Gasteiger partial charge is 0.481 e. The number of rotatable bonds is 7. The third kappa shape index (κ3) is 5.27. The third-order valence-corrected chi connectivity index (χ3v) is 6.46. The molecule has 0 unspecified atom stereocenters. The molecule has 2 rings (SSSR count). The van der Waals surface area contributed by atoms with Gasteiger partial charge >= 0.3 is 5.97 Å². The molecule has 0 aromatic heterocycles. The highest BCUT2D eigenvalue weighted by Gasteiger charge is 2.35. The van der Waals surface area contributed by atoms with Crippen molar-refractivity contribution < 1.29 is 27.9 Å². The number of amides is 1. The summed E-state index contributed by atoms with van der Waals surface area (Å²) in [5.41, 5.74) is 0.747. The molecule has 8 heteroatoms. The molecule has 1 aromatic rings. The van der Waals surface area contributed by atoms with Crippen LogP contribution in [0.2, 0.25) is 0 Å². The molecule has 0 aliphatic carbocycles. The van der Waals surface area contributed by atoms with Gasteiger partial charge in [-0.3, -0.25) is 9.59 Å². The van der Waals surface area contributed by atoms with E-state index >= 15 is 0 Å². The molecule has 1 amide bonds. The van der Waals surface area contributed by atoms with Gasteiger partial charge in [-0.25, -0.2) is 8.42 Å². The number of nitrogens with zero attached hydrogens (tertiary/aromatic N) is 1. The van der Waals surface area contributed by atoms with Crippen LogP contribution < -0.4 is 0 Å². The first-order chi connectivity index (χ1) is 11.8. The zero-order chi connectivity index (χ0) is 18.4. The lowest BCUT2D eigenvalue weighted by molar-refractivity contribution is -0.141. The van der Waals surface area contributed by atoms with E-state index in [1.54, 1.807) is 30.3 Å². The van der Waals surface area contributed by atoms with E-state index in [4.69, 9.17) is 4.74 Å². The Labute approximate surface area is 147 Å². The van der Waals surface area contributed by atoms with E-state index in [2.05, 4.69) is 0 Å². The number of sulfone groups is 1. The quantitative estimate of drug-likeness (QED) is 0.755. The van der Waals surface area contributed by atoms with Crippen molar-refractivity contribution in [2.24, 2.45) is 5.92 Å². The lowest BCUT2D eigenvalue weighted by Gasteiger charge is -2.29. The van der Waals surface area contributed by atoms with Crippen molar-refractivity contribution in [3.8, 4) is 0 Å². The molecule has 7 nitrogen and oxygen atoms in total. The first-order valence-electron chi connectivity index (χ1n) is 8.16. The van der Waals surface area contributed by atoms with Gasteiger partial charge in [0.2, 0.25) is 5.91 Å². The number of carboxylic acids is 1. The second-order valence-corrected chi connectivity index (χ2v) is 8.50. The van der Waals surface area contributed by atoms with E-state index in [-0.39, 0.29) is 6.42 Å². The number of carboxylic acid groups (broad SMARTS) is 1. The molecule has 1 heterocycles. The molecule has 0 radical (unpaired) electrons. The minimum Gasteiger partial charge on any atom is -0.481 e. The van der Waals surface area contributed by atoms with Crippen molar-refractivity contribution in [3.63, 3.8) is 0 Å². The Bertz CT molecular complexity index is 697. The topological polar surface area (TPSA) is 101 Å². The van der Waals surface area contributed by atoms with Crippen LogP contribution in [0.15, 0.2) is 30.3 Å². The molecule has 1 aliphatic rings. The zero-order valence-corrected chi connectivity index (χ0v) is 14.9. The maximum absolute atomic E-state index is 12.6. The van der Waals surface area contributed by atoms with Gasteiger partial charge in [-0.15, -0.1) is 0 Å². The number of morpholine rings is 1. The Hall–Kier alpha value is -1.93. The number of benzene rings is 1. The molecular weight excluding hydrogens is 346 g/mol.